The Hall–Kier alpha value is -4.30. The fraction of sp³-hybridized carbons (Fsp3) is 0.333. The predicted octanol–water partition coefficient (Wildman–Crippen LogP) is 3.94. The number of likely N-dealkylation sites (tertiary alicyclic amines) is 1. The van der Waals surface area contributed by atoms with Gasteiger partial charge in [-0.1, -0.05) is 96.2 Å². The topological polar surface area (TPSA) is 106 Å². The van der Waals surface area contributed by atoms with Gasteiger partial charge in [0.05, 0.1) is 5.41 Å². The molecule has 2 heterocycles. The number of nitrogens with two attached hydrogens (primary N) is 1. The Morgan fingerprint density at radius 1 is 0.902 bits per heavy atom. The van der Waals surface area contributed by atoms with E-state index in [0.717, 1.165) is 49.2 Å². The summed E-state index contributed by atoms with van der Waals surface area (Å²) < 4.78 is 5.42. The van der Waals surface area contributed by atoms with Crippen LogP contribution in [0.3, 0.4) is 0 Å². The maximum atomic E-state index is 14.0. The summed E-state index contributed by atoms with van der Waals surface area (Å²) in [5.74, 6) is 0.393. The number of primary amides is 1. The number of hydrogen-bond acceptors (Lipinski definition) is 6. The first-order valence-electron chi connectivity index (χ1n) is 14.1. The Balaban J connectivity index is 1.42. The summed E-state index contributed by atoms with van der Waals surface area (Å²) in [4.78, 5) is 34.2. The molecule has 1 fully saturated rings. The van der Waals surface area contributed by atoms with Gasteiger partial charge >= 0.3 is 0 Å². The van der Waals surface area contributed by atoms with Crippen molar-refractivity contribution in [2.24, 2.45) is 5.73 Å². The molecule has 1 saturated heterocycles. The third-order valence-corrected chi connectivity index (χ3v) is 8.37. The summed E-state index contributed by atoms with van der Waals surface area (Å²) in [6.45, 7) is 2.34. The number of amides is 2. The minimum absolute atomic E-state index is 0.0688. The highest BCUT2D eigenvalue weighted by molar-refractivity contribution is 5.92. The maximum absolute atomic E-state index is 14.0. The summed E-state index contributed by atoms with van der Waals surface area (Å²) in [5.41, 5.74) is 7.23. The number of piperidine rings is 1. The highest BCUT2D eigenvalue weighted by atomic mass is 16.5. The fourth-order valence-corrected chi connectivity index (χ4v) is 6.19. The van der Waals surface area contributed by atoms with Gasteiger partial charge in [-0.25, -0.2) is 0 Å². The highest BCUT2D eigenvalue weighted by Gasteiger charge is 2.45. The van der Waals surface area contributed by atoms with E-state index in [1.54, 1.807) is 4.90 Å². The van der Waals surface area contributed by atoms with Crippen LogP contribution in [0, 0.1) is 0 Å². The first-order valence-corrected chi connectivity index (χ1v) is 14.1. The van der Waals surface area contributed by atoms with Crippen molar-refractivity contribution in [3.63, 3.8) is 0 Å². The highest BCUT2D eigenvalue weighted by Crippen LogP contribution is 2.42. The monoisotopic (exact) mass is 551 g/mol. The summed E-state index contributed by atoms with van der Waals surface area (Å²) in [6, 6.07) is 30.5. The summed E-state index contributed by atoms with van der Waals surface area (Å²) in [6.07, 6.45) is 2.11. The molecule has 3 aromatic carbocycles. The van der Waals surface area contributed by atoms with Crippen molar-refractivity contribution in [2.75, 3.05) is 33.7 Å². The van der Waals surface area contributed by atoms with E-state index in [2.05, 4.69) is 51.4 Å². The van der Waals surface area contributed by atoms with Gasteiger partial charge < -0.3 is 20.1 Å². The third-order valence-electron chi connectivity index (χ3n) is 8.37. The Morgan fingerprint density at radius 2 is 1.44 bits per heavy atom. The van der Waals surface area contributed by atoms with Crippen LogP contribution in [0.2, 0.25) is 0 Å². The molecule has 2 amide bonds. The van der Waals surface area contributed by atoms with Gasteiger partial charge in [0.15, 0.2) is 5.82 Å². The van der Waals surface area contributed by atoms with Crippen LogP contribution in [0.25, 0.3) is 0 Å². The molecular formula is C33H37N5O3. The average molecular weight is 552 g/mol. The van der Waals surface area contributed by atoms with Crippen LogP contribution >= 0.6 is 0 Å². The van der Waals surface area contributed by atoms with Crippen molar-refractivity contribution in [3.8, 4) is 0 Å². The van der Waals surface area contributed by atoms with E-state index in [1.165, 1.54) is 0 Å². The van der Waals surface area contributed by atoms with Crippen molar-refractivity contribution in [1.29, 1.82) is 0 Å². The van der Waals surface area contributed by atoms with Crippen molar-refractivity contribution in [2.45, 2.75) is 36.5 Å². The molecule has 0 atom stereocenters. The number of nitrogens with zero attached hydrogens (tertiary/aromatic N) is 4. The molecule has 4 aromatic rings. The molecule has 1 aliphatic rings. The van der Waals surface area contributed by atoms with Crippen LogP contribution in [0.15, 0.2) is 95.5 Å². The number of carbonyl (C=O) groups is 2. The number of carbonyl (C=O) groups excluding carboxylic acids is 2. The molecule has 1 aliphatic heterocycles. The van der Waals surface area contributed by atoms with Crippen LogP contribution in [-0.4, -0.2) is 65.5 Å². The summed E-state index contributed by atoms with van der Waals surface area (Å²) in [7, 11) is 3.66. The normalized spacial score (nSPS) is 15.4. The molecule has 0 saturated carbocycles. The minimum atomic E-state index is -0.808. The molecule has 8 heteroatoms. The number of aromatic nitrogens is 2. The van der Waals surface area contributed by atoms with Gasteiger partial charge in [0.25, 0.3) is 0 Å². The van der Waals surface area contributed by atoms with E-state index in [-0.39, 0.29) is 18.2 Å². The van der Waals surface area contributed by atoms with Crippen molar-refractivity contribution < 1.29 is 14.1 Å². The van der Waals surface area contributed by atoms with Crippen LogP contribution < -0.4 is 5.73 Å². The smallest absolute Gasteiger partial charge is 0.237 e. The zero-order valence-electron chi connectivity index (χ0n) is 23.7. The number of hydrogen-bond donors (Lipinski definition) is 1. The lowest BCUT2D eigenvalue weighted by atomic mass is 9.70. The first-order chi connectivity index (χ1) is 19.8. The first kappa shape index (κ1) is 28.2. The predicted molar refractivity (Wildman–Crippen MR) is 157 cm³/mol. The number of likely N-dealkylation sites (N-methyl/N-ethyl adjacent to an activating group) is 1. The molecule has 0 bridgehead atoms. The van der Waals surface area contributed by atoms with Gasteiger partial charge in [0.1, 0.15) is 11.8 Å². The molecule has 1 aromatic heterocycles. The molecule has 0 spiro atoms. The average Bonchev–Trinajstić information content (AvgIpc) is 3.47. The molecule has 0 radical (unpaired) electrons. The van der Waals surface area contributed by atoms with Crippen LogP contribution in [0.1, 0.15) is 47.7 Å². The van der Waals surface area contributed by atoms with Gasteiger partial charge in [-0.05, 0) is 55.6 Å². The molecule has 0 aliphatic carbocycles. The maximum Gasteiger partial charge on any atom is 0.237 e. The van der Waals surface area contributed by atoms with Gasteiger partial charge in [-0.15, -0.1) is 0 Å². The van der Waals surface area contributed by atoms with Crippen LogP contribution in [-0.2, 0) is 26.8 Å². The van der Waals surface area contributed by atoms with Gasteiger partial charge in [0, 0.05) is 14.1 Å². The Morgan fingerprint density at radius 3 is 1.95 bits per heavy atom. The SMILES string of the molecule is CN(C)C(=O)C(CCN1CCC(c2ccccc2)(c2noc(CC(N)=O)n2)CC1)(c1ccccc1)c1ccccc1. The van der Waals surface area contributed by atoms with Crippen molar-refractivity contribution in [3.05, 3.63) is 119 Å². The lowest BCUT2D eigenvalue weighted by Crippen LogP contribution is -2.49. The molecule has 8 nitrogen and oxygen atoms in total. The summed E-state index contributed by atoms with van der Waals surface area (Å²) in [5, 5.41) is 4.31. The minimum Gasteiger partial charge on any atom is -0.369 e. The second-order valence-electron chi connectivity index (χ2n) is 11.0. The third kappa shape index (κ3) is 5.65. The van der Waals surface area contributed by atoms with E-state index in [4.69, 9.17) is 10.3 Å². The van der Waals surface area contributed by atoms with Crippen molar-refractivity contribution in [1.82, 2.24) is 19.9 Å². The van der Waals surface area contributed by atoms with Gasteiger partial charge in [-0.2, -0.15) is 4.98 Å². The number of rotatable bonds is 10. The lowest BCUT2D eigenvalue weighted by molar-refractivity contribution is -0.133. The Labute approximate surface area is 241 Å². The Kier molecular flexibility index (Phi) is 8.31. The van der Waals surface area contributed by atoms with Gasteiger partial charge in [-0.3, -0.25) is 9.59 Å². The zero-order valence-corrected chi connectivity index (χ0v) is 23.7. The largest absolute Gasteiger partial charge is 0.369 e. The van der Waals surface area contributed by atoms with Crippen LogP contribution in [0.4, 0.5) is 0 Å². The van der Waals surface area contributed by atoms with E-state index >= 15 is 0 Å². The zero-order chi connectivity index (χ0) is 28.9. The molecule has 0 unspecified atom stereocenters. The van der Waals surface area contributed by atoms with Crippen LogP contribution in [0.5, 0.6) is 0 Å². The molecule has 2 N–H and O–H groups in total. The summed E-state index contributed by atoms with van der Waals surface area (Å²) >= 11 is 0. The standard InChI is InChI=1S/C33H37N5O3/c1-37(2)31(40)33(26-14-8-4-9-15-26,27-16-10-5-11-17-27)20-23-38-21-18-32(19-22-38,25-12-6-3-7-13-25)30-35-29(41-36-30)24-28(34)39/h3-17H,18-24H2,1-2H3,(H2,34,39). The molecular weight excluding hydrogens is 514 g/mol. The van der Waals surface area contributed by atoms with Crippen molar-refractivity contribution >= 4 is 11.8 Å². The molecule has 212 valence electrons. The lowest BCUT2D eigenvalue weighted by Gasteiger charge is -2.42. The molecule has 41 heavy (non-hydrogen) atoms. The fourth-order valence-electron chi connectivity index (χ4n) is 6.19. The number of benzene rings is 3. The van der Waals surface area contributed by atoms with E-state index in [1.807, 2.05) is 68.7 Å². The van der Waals surface area contributed by atoms with E-state index in [9.17, 15) is 9.59 Å². The quantitative estimate of drug-likeness (QED) is 0.320. The second kappa shape index (κ2) is 12.1. The Bertz CT molecular complexity index is 1410. The van der Waals surface area contributed by atoms with E-state index in [0.29, 0.717) is 12.2 Å². The van der Waals surface area contributed by atoms with Gasteiger partial charge in [0.2, 0.25) is 17.7 Å². The molecule has 5 rings (SSSR count). The van der Waals surface area contributed by atoms with E-state index < -0.39 is 16.7 Å². The second-order valence-corrected chi connectivity index (χ2v) is 11.0.